The molecule has 0 aromatic rings. The highest BCUT2D eigenvalue weighted by atomic mass is 16.5. The third-order valence-corrected chi connectivity index (χ3v) is 1.97. The van der Waals surface area contributed by atoms with Crippen molar-refractivity contribution < 1.29 is 24.2 Å². The number of carboxylic acids is 1. The van der Waals surface area contributed by atoms with Gasteiger partial charge in [0.15, 0.2) is 0 Å². The summed E-state index contributed by atoms with van der Waals surface area (Å²) in [5, 5.41) is 11.3. The van der Waals surface area contributed by atoms with Crippen LogP contribution >= 0.6 is 0 Å². The maximum atomic E-state index is 11.7. The molecule has 0 aliphatic carbocycles. The van der Waals surface area contributed by atoms with E-state index in [2.05, 4.69) is 5.32 Å². The fourth-order valence-electron chi connectivity index (χ4n) is 1.21. The molecule has 0 rings (SSSR count). The van der Waals surface area contributed by atoms with Gasteiger partial charge in [-0.3, -0.25) is 4.79 Å². The molecule has 0 spiro atoms. The van der Waals surface area contributed by atoms with Gasteiger partial charge < -0.3 is 24.8 Å². The first-order valence-corrected chi connectivity index (χ1v) is 5.26. The maximum absolute atomic E-state index is 11.7. The van der Waals surface area contributed by atoms with Gasteiger partial charge in [0.1, 0.15) is 6.54 Å². The molecule has 2 amide bonds. The molecule has 1 unspecified atom stereocenters. The SMILES string of the molecule is COCCN(CC(=O)O)C(=O)NC(C)COC. The summed E-state index contributed by atoms with van der Waals surface area (Å²) in [6.45, 7) is 2.32. The van der Waals surface area contributed by atoms with Gasteiger partial charge in [0.25, 0.3) is 0 Å². The van der Waals surface area contributed by atoms with Crippen LogP contribution in [0.15, 0.2) is 0 Å². The fourth-order valence-corrected chi connectivity index (χ4v) is 1.21. The Balaban J connectivity index is 4.25. The molecule has 7 heteroatoms. The lowest BCUT2D eigenvalue weighted by Crippen LogP contribution is -2.48. The zero-order valence-electron chi connectivity index (χ0n) is 10.4. The quantitative estimate of drug-likeness (QED) is 0.619. The van der Waals surface area contributed by atoms with Crippen molar-refractivity contribution in [3.63, 3.8) is 0 Å². The molecule has 0 bridgehead atoms. The molecule has 0 aliphatic heterocycles. The number of hydrogen-bond donors (Lipinski definition) is 2. The third kappa shape index (κ3) is 7.53. The van der Waals surface area contributed by atoms with Crippen LogP contribution in [0.3, 0.4) is 0 Å². The molecule has 0 heterocycles. The van der Waals surface area contributed by atoms with Crippen molar-refractivity contribution in [2.75, 3.05) is 40.5 Å². The van der Waals surface area contributed by atoms with E-state index in [1.807, 2.05) is 0 Å². The van der Waals surface area contributed by atoms with Gasteiger partial charge in [-0.15, -0.1) is 0 Å². The number of carbonyl (C=O) groups is 2. The summed E-state index contributed by atoms with van der Waals surface area (Å²) >= 11 is 0. The van der Waals surface area contributed by atoms with E-state index in [1.54, 1.807) is 6.92 Å². The standard InChI is InChI=1S/C10H20N2O5/c1-8(7-17-3)11-10(15)12(4-5-16-2)6-9(13)14/h8H,4-7H2,1-3H3,(H,11,15)(H,13,14). The molecule has 0 saturated carbocycles. The highest BCUT2D eigenvalue weighted by Crippen LogP contribution is 1.93. The summed E-state index contributed by atoms with van der Waals surface area (Å²) in [5.41, 5.74) is 0. The van der Waals surface area contributed by atoms with Crippen LogP contribution in [0.2, 0.25) is 0 Å². The smallest absolute Gasteiger partial charge is 0.323 e. The Bertz CT molecular complexity index is 247. The van der Waals surface area contributed by atoms with Gasteiger partial charge in [0, 0.05) is 20.8 Å². The monoisotopic (exact) mass is 248 g/mol. The average molecular weight is 248 g/mol. The number of nitrogens with one attached hydrogen (secondary N) is 1. The van der Waals surface area contributed by atoms with Gasteiger partial charge in [-0.1, -0.05) is 0 Å². The second kappa shape index (κ2) is 8.77. The number of carbonyl (C=O) groups excluding carboxylic acids is 1. The minimum absolute atomic E-state index is 0.175. The van der Waals surface area contributed by atoms with Crippen LogP contribution in [0.4, 0.5) is 4.79 Å². The lowest BCUT2D eigenvalue weighted by molar-refractivity contribution is -0.137. The van der Waals surface area contributed by atoms with E-state index in [0.29, 0.717) is 13.2 Å². The molecule has 0 aromatic heterocycles. The molecular formula is C10H20N2O5. The van der Waals surface area contributed by atoms with Crippen molar-refractivity contribution >= 4 is 12.0 Å². The highest BCUT2D eigenvalue weighted by Gasteiger charge is 2.17. The van der Waals surface area contributed by atoms with Crippen molar-refractivity contribution in [2.24, 2.45) is 0 Å². The minimum Gasteiger partial charge on any atom is -0.480 e. The van der Waals surface area contributed by atoms with Gasteiger partial charge in [0.2, 0.25) is 0 Å². The van der Waals surface area contributed by atoms with Gasteiger partial charge in [0.05, 0.1) is 19.3 Å². The second-order valence-electron chi connectivity index (χ2n) is 3.61. The molecule has 17 heavy (non-hydrogen) atoms. The molecular weight excluding hydrogens is 228 g/mol. The lowest BCUT2D eigenvalue weighted by atomic mass is 10.3. The maximum Gasteiger partial charge on any atom is 0.323 e. The number of nitrogens with zero attached hydrogens (tertiary/aromatic N) is 1. The third-order valence-electron chi connectivity index (χ3n) is 1.97. The number of urea groups is 1. The largest absolute Gasteiger partial charge is 0.480 e. The van der Waals surface area contributed by atoms with E-state index in [0.717, 1.165) is 0 Å². The molecule has 0 saturated heterocycles. The van der Waals surface area contributed by atoms with Crippen molar-refractivity contribution in [1.29, 1.82) is 0 Å². The molecule has 0 aliphatic rings. The zero-order valence-corrected chi connectivity index (χ0v) is 10.4. The van der Waals surface area contributed by atoms with Crippen LogP contribution in [-0.4, -0.2) is 68.6 Å². The summed E-state index contributed by atoms with van der Waals surface area (Å²) in [5.74, 6) is -1.06. The van der Waals surface area contributed by atoms with Crippen LogP contribution in [0.5, 0.6) is 0 Å². The van der Waals surface area contributed by atoms with E-state index < -0.39 is 12.0 Å². The number of aliphatic carboxylic acids is 1. The summed E-state index contributed by atoms with van der Waals surface area (Å²) < 4.78 is 9.69. The van der Waals surface area contributed by atoms with Crippen molar-refractivity contribution in [2.45, 2.75) is 13.0 Å². The Morgan fingerprint density at radius 3 is 2.47 bits per heavy atom. The number of methoxy groups -OCH3 is 2. The minimum atomic E-state index is -1.06. The van der Waals surface area contributed by atoms with Crippen LogP contribution in [0.1, 0.15) is 6.92 Å². The molecule has 0 radical (unpaired) electrons. The Morgan fingerprint density at radius 2 is 2.00 bits per heavy atom. The molecule has 100 valence electrons. The Morgan fingerprint density at radius 1 is 1.35 bits per heavy atom. The summed E-state index contributed by atoms with van der Waals surface area (Å²) in [6, 6.07) is -0.611. The van der Waals surface area contributed by atoms with E-state index in [-0.39, 0.29) is 19.1 Å². The van der Waals surface area contributed by atoms with Crippen LogP contribution in [0.25, 0.3) is 0 Å². The zero-order chi connectivity index (χ0) is 13.3. The van der Waals surface area contributed by atoms with Crippen LogP contribution < -0.4 is 5.32 Å². The van der Waals surface area contributed by atoms with Gasteiger partial charge in [-0.2, -0.15) is 0 Å². The molecule has 7 nitrogen and oxygen atoms in total. The van der Waals surface area contributed by atoms with Gasteiger partial charge >= 0.3 is 12.0 Å². The van der Waals surface area contributed by atoms with E-state index in [9.17, 15) is 9.59 Å². The van der Waals surface area contributed by atoms with Gasteiger partial charge in [-0.25, -0.2) is 4.79 Å². The number of carboxylic acid groups (broad SMARTS) is 1. The number of ether oxygens (including phenoxy) is 2. The van der Waals surface area contributed by atoms with Crippen molar-refractivity contribution in [1.82, 2.24) is 10.2 Å². The number of amides is 2. The van der Waals surface area contributed by atoms with Crippen LogP contribution in [0, 0.1) is 0 Å². The lowest BCUT2D eigenvalue weighted by Gasteiger charge is -2.23. The summed E-state index contributed by atoms with van der Waals surface area (Å²) in [7, 11) is 3.02. The first-order chi connectivity index (χ1) is 8.01. The Labute approximate surface area is 101 Å². The van der Waals surface area contributed by atoms with Crippen molar-refractivity contribution in [3.8, 4) is 0 Å². The molecule has 1 atom stereocenters. The predicted molar refractivity (Wildman–Crippen MR) is 61.0 cm³/mol. The highest BCUT2D eigenvalue weighted by molar-refractivity contribution is 5.80. The Hall–Kier alpha value is -1.34. The topological polar surface area (TPSA) is 88.1 Å². The van der Waals surface area contributed by atoms with E-state index >= 15 is 0 Å². The number of rotatable bonds is 8. The van der Waals surface area contributed by atoms with Crippen molar-refractivity contribution in [3.05, 3.63) is 0 Å². The summed E-state index contributed by atoms with van der Waals surface area (Å²) in [4.78, 5) is 23.5. The predicted octanol–water partition coefficient (Wildman–Crippen LogP) is -0.236. The summed E-state index contributed by atoms with van der Waals surface area (Å²) in [6.07, 6.45) is 0. The fraction of sp³-hybridized carbons (Fsp3) is 0.800. The van der Waals surface area contributed by atoms with E-state index in [4.69, 9.17) is 14.6 Å². The number of hydrogen-bond acceptors (Lipinski definition) is 4. The van der Waals surface area contributed by atoms with Gasteiger partial charge in [-0.05, 0) is 6.92 Å². The normalized spacial score (nSPS) is 11.9. The second-order valence-corrected chi connectivity index (χ2v) is 3.61. The first kappa shape index (κ1) is 15.7. The first-order valence-electron chi connectivity index (χ1n) is 5.26. The molecule has 2 N–H and O–H groups in total. The average Bonchev–Trinajstić information content (AvgIpc) is 2.23. The molecule has 0 fully saturated rings. The van der Waals surface area contributed by atoms with Crippen LogP contribution in [-0.2, 0) is 14.3 Å². The Kier molecular flexibility index (Phi) is 8.08. The van der Waals surface area contributed by atoms with E-state index in [1.165, 1.54) is 19.1 Å². The molecule has 0 aromatic carbocycles.